The average Bonchev–Trinajstić information content (AvgIpc) is 3.13. The van der Waals surface area contributed by atoms with Crippen LogP contribution in [-0.4, -0.2) is 25.3 Å². The van der Waals surface area contributed by atoms with Crippen LogP contribution in [0.2, 0.25) is 0 Å². The van der Waals surface area contributed by atoms with Gasteiger partial charge in [-0.05, 0) is 53.4 Å². The van der Waals surface area contributed by atoms with Crippen LogP contribution in [0.5, 0.6) is 0 Å². The van der Waals surface area contributed by atoms with Crippen LogP contribution in [0.25, 0.3) is 0 Å². The second-order valence-electron chi connectivity index (χ2n) is 4.42. The zero-order valence-corrected chi connectivity index (χ0v) is 14.1. The Hall–Kier alpha value is 0.0900. The van der Waals surface area contributed by atoms with E-state index in [1.807, 2.05) is 13.0 Å². The molecule has 1 saturated carbocycles. The molecule has 1 aliphatic rings. The Morgan fingerprint density at radius 2 is 2.00 bits per heavy atom. The van der Waals surface area contributed by atoms with E-state index in [0.29, 0.717) is 15.9 Å². The van der Waals surface area contributed by atoms with Crippen molar-refractivity contribution in [2.45, 2.75) is 37.1 Å². The molecule has 2 rings (SSSR count). The van der Waals surface area contributed by atoms with Crippen molar-refractivity contribution in [1.29, 1.82) is 0 Å². The van der Waals surface area contributed by atoms with Crippen molar-refractivity contribution in [3.8, 4) is 0 Å². The summed E-state index contributed by atoms with van der Waals surface area (Å²) in [5, 5.41) is 0. The first kappa shape index (κ1) is 14.5. The normalized spacial score (nSPS) is 16.2. The first-order valence-electron chi connectivity index (χ1n) is 5.93. The van der Waals surface area contributed by atoms with Crippen molar-refractivity contribution in [3.63, 3.8) is 0 Å². The van der Waals surface area contributed by atoms with Crippen LogP contribution in [0.3, 0.4) is 0 Å². The van der Waals surface area contributed by atoms with Crippen LogP contribution in [0.15, 0.2) is 32.0 Å². The van der Waals surface area contributed by atoms with Crippen LogP contribution < -0.4 is 0 Å². The van der Waals surface area contributed by atoms with E-state index in [1.54, 1.807) is 16.4 Å². The SMILES string of the molecule is CCCN(C1CC1)S(=O)(=O)c1cc(Br)ccc1Br. The highest BCUT2D eigenvalue weighted by Gasteiger charge is 2.38. The summed E-state index contributed by atoms with van der Waals surface area (Å²) in [6, 6.07) is 5.43. The maximum atomic E-state index is 12.7. The van der Waals surface area contributed by atoms with Gasteiger partial charge in [-0.25, -0.2) is 8.42 Å². The van der Waals surface area contributed by atoms with Gasteiger partial charge in [0, 0.05) is 21.5 Å². The summed E-state index contributed by atoms with van der Waals surface area (Å²) in [4.78, 5) is 0.345. The molecular formula is C12H15Br2NO2S. The van der Waals surface area contributed by atoms with Gasteiger partial charge in [0.1, 0.15) is 0 Å². The minimum absolute atomic E-state index is 0.195. The largest absolute Gasteiger partial charge is 0.244 e. The molecule has 0 unspecified atom stereocenters. The highest BCUT2D eigenvalue weighted by Crippen LogP contribution is 2.35. The topological polar surface area (TPSA) is 37.4 Å². The first-order chi connectivity index (χ1) is 8.46. The molecule has 0 N–H and O–H groups in total. The molecule has 1 aromatic carbocycles. The molecule has 18 heavy (non-hydrogen) atoms. The molecule has 1 aliphatic carbocycles. The van der Waals surface area contributed by atoms with Gasteiger partial charge in [0.15, 0.2) is 0 Å². The molecule has 1 aromatic rings. The number of hydrogen-bond donors (Lipinski definition) is 0. The number of sulfonamides is 1. The molecule has 0 atom stereocenters. The average molecular weight is 397 g/mol. The van der Waals surface area contributed by atoms with Crippen molar-refractivity contribution >= 4 is 41.9 Å². The maximum absolute atomic E-state index is 12.7. The fourth-order valence-corrected chi connectivity index (χ4v) is 5.13. The summed E-state index contributed by atoms with van der Waals surface area (Å²) < 4.78 is 28.3. The zero-order chi connectivity index (χ0) is 13.3. The predicted molar refractivity (Wildman–Crippen MR) is 79.0 cm³/mol. The van der Waals surface area contributed by atoms with Crippen LogP contribution in [0, 0.1) is 0 Å². The summed E-state index contributed by atoms with van der Waals surface area (Å²) in [7, 11) is -3.40. The molecule has 0 saturated heterocycles. The van der Waals surface area contributed by atoms with E-state index in [2.05, 4.69) is 31.9 Å². The quantitative estimate of drug-likeness (QED) is 0.759. The van der Waals surface area contributed by atoms with Gasteiger partial charge >= 0.3 is 0 Å². The Morgan fingerprint density at radius 3 is 2.56 bits per heavy atom. The van der Waals surface area contributed by atoms with E-state index in [9.17, 15) is 8.42 Å². The summed E-state index contributed by atoms with van der Waals surface area (Å²) >= 11 is 6.65. The van der Waals surface area contributed by atoms with E-state index >= 15 is 0 Å². The van der Waals surface area contributed by atoms with Crippen molar-refractivity contribution in [1.82, 2.24) is 4.31 Å². The molecule has 0 amide bonds. The minimum atomic E-state index is -3.40. The van der Waals surface area contributed by atoms with Crippen molar-refractivity contribution < 1.29 is 8.42 Å². The van der Waals surface area contributed by atoms with Crippen molar-refractivity contribution in [2.24, 2.45) is 0 Å². The van der Waals surface area contributed by atoms with E-state index in [1.165, 1.54) is 0 Å². The van der Waals surface area contributed by atoms with E-state index in [0.717, 1.165) is 23.7 Å². The predicted octanol–water partition coefficient (Wildman–Crippen LogP) is 3.77. The lowest BCUT2D eigenvalue weighted by molar-refractivity contribution is 0.403. The van der Waals surface area contributed by atoms with E-state index in [-0.39, 0.29) is 6.04 Å². The number of halogens is 2. The Balaban J connectivity index is 2.42. The Morgan fingerprint density at radius 1 is 1.33 bits per heavy atom. The molecule has 3 nitrogen and oxygen atoms in total. The van der Waals surface area contributed by atoms with Gasteiger partial charge in [0.2, 0.25) is 10.0 Å². The number of hydrogen-bond acceptors (Lipinski definition) is 2. The monoisotopic (exact) mass is 395 g/mol. The van der Waals surface area contributed by atoms with Gasteiger partial charge in [-0.15, -0.1) is 0 Å². The van der Waals surface area contributed by atoms with Crippen LogP contribution in [-0.2, 0) is 10.0 Å². The van der Waals surface area contributed by atoms with Gasteiger partial charge < -0.3 is 0 Å². The molecule has 0 spiro atoms. The van der Waals surface area contributed by atoms with E-state index in [4.69, 9.17) is 0 Å². The fraction of sp³-hybridized carbons (Fsp3) is 0.500. The third-order valence-corrected chi connectivity index (χ3v) is 6.32. The molecule has 0 heterocycles. The molecule has 0 radical (unpaired) electrons. The number of nitrogens with zero attached hydrogens (tertiary/aromatic N) is 1. The third kappa shape index (κ3) is 2.98. The van der Waals surface area contributed by atoms with Gasteiger partial charge in [-0.3, -0.25) is 0 Å². The molecule has 100 valence electrons. The summed E-state index contributed by atoms with van der Waals surface area (Å²) in [5.74, 6) is 0. The highest BCUT2D eigenvalue weighted by molar-refractivity contribution is 9.11. The Kier molecular flexibility index (Phi) is 4.52. The molecule has 0 aromatic heterocycles. The molecule has 1 fully saturated rings. The number of benzene rings is 1. The molecule has 0 aliphatic heterocycles. The van der Waals surface area contributed by atoms with Gasteiger partial charge in [0.25, 0.3) is 0 Å². The Labute approximate surface area is 125 Å². The zero-order valence-electron chi connectivity index (χ0n) is 10.1. The van der Waals surface area contributed by atoms with Crippen LogP contribution >= 0.6 is 31.9 Å². The van der Waals surface area contributed by atoms with Crippen LogP contribution in [0.4, 0.5) is 0 Å². The standard InChI is InChI=1S/C12H15Br2NO2S/c1-2-7-15(10-4-5-10)18(16,17)12-8-9(13)3-6-11(12)14/h3,6,8,10H,2,4-5,7H2,1H3. The minimum Gasteiger partial charge on any atom is -0.207 e. The van der Waals surface area contributed by atoms with Crippen LogP contribution in [0.1, 0.15) is 26.2 Å². The molecule has 6 heteroatoms. The van der Waals surface area contributed by atoms with Crippen molar-refractivity contribution in [2.75, 3.05) is 6.54 Å². The molecule has 0 bridgehead atoms. The van der Waals surface area contributed by atoms with Gasteiger partial charge in [-0.1, -0.05) is 22.9 Å². The summed E-state index contributed by atoms with van der Waals surface area (Å²) in [6.07, 6.45) is 2.79. The highest BCUT2D eigenvalue weighted by atomic mass is 79.9. The summed E-state index contributed by atoms with van der Waals surface area (Å²) in [6.45, 7) is 2.59. The lowest BCUT2D eigenvalue weighted by atomic mass is 10.4. The second-order valence-corrected chi connectivity index (χ2v) is 8.05. The molecular weight excluding hydrogens is 382 g/mol. The summed E-state index contributed by atoms with van der Waals surface area (Å²) in [5.41, 5.74) is 0. The lowest BCUT2D eigenvalue weighted by Gasteiger charge is -2.22. The van der Waals surface area contributed by atoms with Gasteiger partial charge in [0.05, 0.1) is 4.90 Å². The van der Waals surface area contributed by atoms with Gasteiger partial charge in [-0.2, -0.15) is 4.31 Å². The fourth-order valence-electron chi connectivity index (χ4n) is 1.88. The first-order valence-corrected chi connectivity index (χ1v) is 8.96. The maximum Gasteiger partial charge on any atom is 0.244 e. The van der Waals surface area contributed by atoms with E-state index < -0.39 is 10.0 Å². The number of rotatable bonds is 5. The smallest absolute Gasteiger partial charge is 0.207 e. The third-order valence-electron chi connectivity index (χ3n) is 2.88. The Bertz CT molecular complexity index is 541. The lowest BCUT2D eigenvalue weighted by Crippen LogP contribution is -2.34. The second kappa shape index (κ2) is 5.61. The van der Waals surface area contributed by atoms with Crippen molar-refractivity contribution in [3.05, 3.63) is 27.1 Å².